The van der Waals surface area contributed by atoms with Crippen molar-refractivity contribution in [3.63, 3.8) is 0 Å². The van der Waals surface area contributed by atoms with Crippen molar-refractivity contribution in [2.75, 3.05) is 26.9 Å². The highest BCUT2D eigenvalue weighted by molar-refractivity contribution is 5.80. The molecule has 0 saturated carbocycles. The van der Waals surface area contributed by atoms with Crippen LogP contribution in [0.3, 0.4) is 0 Å². The Bertz CT molecular complexity index is 185. The van der Waals surface area contributed by atoms with Gasteiger partial charge in [-0.3, -0.25) is 4.79 Å². The van der Waals surface area contributed by atoms with E-state index >= 15 is 0 Å². The molecular weight excluding hydrogens is 194 g/mol. The largest absolute Gasteiger partial charge is 0.468 e. The number of hydrogen-bond donors (Lipinski definition) is 1. The lowest BCUT2D eigenvalue weighted by molar-refractivity contribution is -0.148. The number of methoxy groups -OCH3 is 1. The number of carbonyl (C=O) groups excluding carboxylic acids is 1. The average molecular weight is 217 g/mol. The molecule has 0 saturated heterocycles. The van der Waals surface area contributed by atoms with Crippen molar-refractivity contribution >= 4 is 5.97 Å². The van der Waals surface area contributed by atoms with Gasteiger partial charge in [-0.1, -0.05) is 13.8 Å². The molecule has 1 atom stereocenters. The van der Waals surface area contributed by atoms with E-state index in [1.807, 2.05) is 13.8 Å². The fraction of sp³-hybridized carbons (Fsp3) is 0.909. The van der Waals surface area contributed by atoms with Crippen LogP contribution in [-0.2, 0) is 14.3 Å². The first-order valence-electron chi connectivity index (χ1n) is 5.52. The van der Waals surface area contributed by atoms with E-state index < -0.39 is 5.54 Å². The second-order valence-electron chi connectivity index (χ2n) is 3.72. The molecule has 0 radical (unpaired) electrons. The van der Waals surface area contributed by atoms with Gasteiger partial charge >= 0.3 is 5.97 Å². The van der Waals surface area contributed by atoms with Crippen molar-refractivity contribution in [2.45, 2.75) is 39.2 Å². The van der Waals surface area contributed by atoms with E-state index in [0.717, 1.165) is 19.6 Å². The molecule has 90 valence electrons. The van der Waals surface area contributed by atoms with Gasteiger partial charge in [0, 0.05) is 13.2 Å². The van der Waals surface area contributed by atoms with Gasteiger partial charge in [-0.05, 0) is 26.3 Å². The monoisotopic (exact) mass is 217 g/mol. The number of likely N-dealkylation sites (N-methyl/N-ethyl adjacent to an activating group) is 1. The van der Waals surface area contributed by atoms with Crippen LogP contribution in [0.4, 0.5) is 0 Å². The predicted octanol–water partition coefficient (Wildman–Crippen LogP) is 1.34. The Morgan fingerprint density at radius 1 is 1.33 bits per heavy atom. The number of nitrogens with one attached hydrogen (secondary N) is 1. The molecule has 0 aliphatic carbocycles. The Kier molecular flexibility index (Phi) is 7.34. The summed E-state index contributed by atoms with van der Waals surface area (Å²) in [7, 11) is 1.41. The van der Waals surface area contributed by atoms with E-state index in [0.29, 0.717) is 13.0 Å². The summed E-state index contributed by atoms with van der Waals surface area (Å²) in [6, 6.07) is 0. The van der Waals surface area contributed by atoms with E-state index in [9.17, 15) is 4.79 Å². The van der Waals surface area contributed by atoms with Crippen LogP contribution in [-0.4, -0.2) is 38.4 Å². The highest BCUT2D eigenvalue weighted by Gasteiger charge is 2.32. The Morgan fingerprint density at radius 3 is 2.47 bits per heavy atom. The van der Waals surface area contributed by atoms with Gasteiger partial charge in [-0.25, -0.2) is 0 Å². The predicted molar refractivity (Wildman–Crippen MR) is 59.8 cm³/mol. The first kappa shape index (κ1) is 14.4. The lowest BCUT2D eigenvalue weighted by Crippen LogP contribution is -2.50. The molecule has 15 heavy (non-hydrogen) atoms. The summed E-state index contributed by atoms with van der Waals surface area (Å²) in [5.41, 5.74) is -0.628. The summed E-state index contributed by atoms with van der Waals surface area (Å²) in [4.78, 5) is 11.5. The Balaban J connectivity index is 4.07. The number of ether oxygens (including phenoxy) is 2. The fourth-order valence-electron chi connectivity index (χ4n) is 1.40. The maximum atomic E-state index is 11.5. The molecule has 0 fully saturated rings. The standard InChI is InChI=1S/C11H23NO3/c1-5-8-15-9-7-11(3,12-6-2)10(13)14-4/h12H,5-9H2,1-4H3. The fourth-order valence-corrected chi connectivity index (χ4v) is 1.40. The summed E-state index contributed by atoms with van der Waals surface area (Å²) in [6.45, 7) is 7.92. The molecule has 0 bridgehead atoms. The van der Waals surface area contributed by atoms with Crippen molar-refractivity contribution in [1.82, 2.24) is 5.32 Å². The quantitative estimate of drug-likeness (QED) is 0.492. The molecule has 0 heterocycles. The first-order chi connectivity index (χ1) is 7.10. The maximum Gasteiger partial charge on any atom is 0.325 e. The van der Waals surface area contributed by atoms with Crippen LogP contribution < -0.4 is 5.32 Å². The molecule has 1 N–H and O–H groups in total. The number of rotatable bonds is 8. The van der Waals surface area contributed by atoms with Gasteiger partial charge in [0.05, 0.1) is 7.11 Å². The van der Waals surface area contributed by atoms with E-state index in [1.54, 1.807) is 0 Å². The van der Waals surface area contributed by atoms with Gasteiger partial charge in [0.25, 0.3) is 0 Å². The van der Waals surface area contributed by atoms with Crippen LogP contribution >= 0.6 is 0 Å². The Labute approximate surface area is 92.3 Å². The van der Waals surface area contributed by atoms with Gasteiger partial charge in [0.1, 0.15) is 5.54 Å². The minimum atomic E-state index is -0.628. The Morgan fingerprint density at radius 2 is 2.00 bits per heavy atom. The van der Waals surface area contributed by atoms with Crippen LogP contribution in [0.25, 0.3) is 0 Å². The second-order valence-corrected chi connectivity index (χ2v) is 3.72. The maximum absolute atomic E-state index is 11.5. The molecule has 4 nitrogen and oxygen atoms in total. The SMILES string of the molecule is CCCOCCC(C)(NCC)C(=O)OC. The van der Waals surface area contributed by atoms with Crippen molar-refractivity contribution < 1.29 is 14.3 Å². The van der Waals surface area contributed by atoms with Crippen LogP contribution in [0, 0.1) is 0 Å². The first-order valence-corrected chi connectivity index (χ1v) is 5.52. The van der Waals surface area contributed by atoms with Gasteiger partial charge < -0.3 is 14.8 Å². The summed E-state index contributed by atoms with van der Waals surface area (Å²) in [5.74, 6) is -0.232. The minimum Gasteiger partial charge on any atom is -0.468 e. The van der Waals surface area contributed by atoms with Crippen LogP contribution in [0.2, 0.25) is 0 Å². The highest BCUT2D eigenvalue weighted by Crippen LogP contribution is 2.11. The molecule has 0 aromatic heterocycles. The van der Waals surface area contributed by atoms with Crippen molar-refractivity contribution in [1.29, 1.82) is 0 Å². The molecule has 0 rings (SSSR count). The summed E-state index contributed by atoms with van der Waals surface area (Å²) in [5, 5.41) is 3.13. The van der Waals surface area contributed by atoms with Crippen LogP contribution in [0.5, 0.6) is 0 Å². The number of hydrogen-bond acceptors (Lipinski definition) is 4. The lowest BCUT2D eigenvalue weighted by Gasteiger charge is -2.27. The van der Waals surface area contributed by atoms with Crippen molar-refractivity contribution in [3.8, 4) is 0 Å². The topological polar surface area (TPSA) is 47.6 Å². The summed E-state index contributed by atoms with van der Waals surface area (Å²) in [6.07, 6.45) is 1.63. The zero-order valence-electron chi connectivity index (χ0n) is 10.3. The van der Waals surface area contributed by atoms with Gasteiger partial charge in [-0.15, -0.1) is 0 Å². The zero-order chi connectivity index (χ0) is 11.7. The zero-order valence-corrected chi connectivity index (χ0v) is 10.3. The molecule has 4 heteroatoms. The lowest BCUT2D eigenvalue weighted by atomic mass is 9.98. The second kappa shape index (κ2) is 7.65. The minimum absolute atomic E-state index is 0.232. The van der Waals surface area contributed by atoms with E-state index in [-0.39, 0.29) is 5.97 Å². The molecular formula is C11H23NO3. The van der Waals surface area contributed by atoms with Crippen molar-refractivity contribution in [2.24, 2.45) is 0 Å². The normalized spacial score (nSPS) is 14.7. The molecule has 0 aliphatic rings. The van der Waals surface area contributed by atoms with E-state index in [1.165, 1.54) is 7.11 Å². The molecule has 0 aromatic rings. The molecule has 1 unspecified atom stereocenters. The van der Waals surface area contributed by atoms with Crippen LogP contribution in [0.1, 0.15) is 33.6 Å². The van der Waals surface area contributed by atoms with Crippen LogP contribution in [0.15, 0.2) is 0 Å². The number of esters is 1. The van der Waals surface area contributed by atoms with E-state index in [2.05, 4.69) is 12.2 Å². The van der Waals surface area contributed by atoms with E-state index in [4.69, 9.17) is 9.47 Å². The summed E-state index contributed by atoms with van der Waals surface area (Å²) >= 11 is 0. The third-order valence-corrected chi connectivity index (χ3v) is 2.30. The average Bonchev–Trinajstić information content (AvgIpc) is 2.23. The highest BCUT2D eigenvalue weighted by atomic mass is 16.5. The molecule has 0 spiro atoms. The summed E-state index contributed by atoms with van der Waals surface area (Å²) < 4.78 is 10.1. The smallest absolute Gasteiger partial charge is 0.325 e. The Hall–Kier alpha value is -0.610. The van der Waals surface area contributed by atoms with Gasteiger partial charge in [-0.2, -0.15) is 0 Å². The third kappa shape index (κ3) is 5.14. The van der Waals surface area contributed by atoms with Gasteiger partial charge in [0.2, 0.25) is 0 Å². The number of carbonyl (C=O) groups is 1. The molecule has 0 aliphatic heterocycles. The third-order valence-electron chi connectivity index (χ3n) is 2.30. The van der Waals surface area contributed by atoms with Gasteiger partial charge in [0.15, 0.2) is 0 Å². The molecule has 0 amide bonds. The van der Waals surface area contributed by atoms with Crippen molar-refractivity contribution in [3.05, 3.63) is 0 Å². The molecule has 0 aromatic carbocycles.